The second kappa shape index (κ2) is 8.14. The molecule has 0 saturated heterocycles. The molecular weight excluding hydrogens is 263 g/mol. The van der Waals surface area contributed by atoms with E-state index in [1.807, 2.05) is 0 Å². The lowest BCUT2D eigenvalue weighted by molar-refractivity contribution is -0.153. The van der Waals surface area contributed by atoms with Gasteiger partial charge in [-0.3, -0.25) is 14.5 Å². The van der Waals surface area contributed by atoms with Crippen molar-refractivity contribution in [3.05, 3.63) is 0 Å². The lowest BCUT2D eigenvalue weighted by atomic mass is 10.2. The van der Waals surface area contributed by atoms with Gasteiger partial charge in [-0.05, 0) is 20.8 Å². The number of carbonyl (C=O) groups is 2. The van der Waals surface area contributed by atoms with Crippen LogP contribution in [0, 0.1) is 0 Å². The number of halogens is 3. The number of ketones is 1. The Morgan fingerprint density at radius 1 is 1.21 bits per heavy atom. The normalized spacial score (nSPS) is 12.0. The first kappa shape index (κ1) is 17.9. The maximum atomic E-state index is 12.3. The van der Waals surface area contributed by atoms with Crippen molar-refractivity contribution in [3.63, 3.8) is 0 Å². The van der Waals surface area contributed by atoms with Crippen LogP contribution in [0.25, 0.3) is 0 Å². The first-order valence-corrected chi connectivity index (χ1v) is 6.13. The van der Waals surface area contributed by atoms with Crippen LogP contribution in [0.1, 0.15) is 33.6 Å². The molecule has 0 aromatic carbocycles. The van der Waals surface area contributed by atoms with Gasteiger partial charge in [-0.15, -0.1) is 0 Å². The number of rotatable bonds is 8. The Labute approximate surface area is 110 Å². The quantitative estimate of drug-likeness (QED) is 0.641. The minimum atomic E-state index is -4.34. The van der Waals surface area contributed by atoms with Gasteiger partial charge in [0.05, 0.1) is 26.1 Å². The number of ether oxygens (including phenoxy) is 1. The molecule has 0 bridgehead atoms. The molecule has 0 atom stereocenters. The van der Waals surface area contributed by atoms with Crippen LogP contribution in [0.5, 0.6) is 0 Å². The summed E-state index contributed by atoms with van der Waals surface area (Å²) in [4.78, 5) is 23.6. The first-order chi connectivity index (χ1) is 8.65. The van der Waals surface area contributed by atoms with Crippen molar-refractivity contribution in [2.45, 2.75) is 45.8 Å². The molecule has 19 heavy (non-hydrogen) atoms. The van der Waals surface area contributed by atoms with E-state index < -0.39 is 30.5 Å². The zero-order valence-corrected chi connectivity index (χ0v) is 11.4. The Hall–Kier alpha value is -1.11. The van der Waals surface area contributed by atoms with Crippen molar-refractivity contribution >= 4 is 11.8 Å². The smallest absolute Gasteiger partial charge is 0.401 e. The van der Waals surface area contributed by atoms with Crippen molar-refractivity contribution < 1.29 is 27.5 Å². The fourth-order valence-corrected chi connectivity index (χ4v) is 1.43. The fraction of sp³-hybridized carbons (Fsp3) is 0.833. The van der Waals surface area contributed by atoms with Gasteiger partial charge in [0.25, 0.3) is 0 Å². The van der Waals surface area contributed by atoms with Crippen molar-refractivity contribution in [1.82, 2.24) is 4.90 Å². The molecule has 0 radical (unpaired) electrons. The summed E-state index contributed by atoms with van der Waals surface area (Å²) in [6.45, 7) is 3.60. The van der Waals surface area contributed by atoms with E-state index >= 15 is 0 Å². The van der Waals surface area contributed by atoms with Crippen LogP contribution >= 0.6 is 0 Å². The van der Waals surface area contributed by atoms with Gasteiger partial charge >= 0.3 is 12.1 Å². The molecule has 0 N–H and O–H groups in total. The summed E-state index contributed by atoms with van der Waals surface area (Å²) in [5.74, 6) is -0.909. The highest BCUT2D eigenvalue weighted by Gasteiger charge is 2.32. The number of nitrogens with zero attached hydrogens (tertiary/aromatic N) is 1. The molecule has 0 fully saturated rings. The molecule has 0 spiro atoms. The lowest BCUT2D eigenvalue weighted by Gasteiger charge is -2.26. The van der Waals surface area contributed by atoms with E-state index in [0.717, 1.165) is 4.90 Å². The number of hydrogen-bond acceptors (Lipinski definition) is 4. The predicted molar refractivity (Wildman–Crippen MR) is 63.6 cm³/mol. The van der Waals surface area contributed by atoms with Crippen LogP contribution in [0.15, 0.2) is 0 Å². The van der Waals surface area contributed by atoms with E-state index in [1.165, 1.54) is 0 Å². The minimum absolute atomic E-state index is 0.0926. The molecule has 0 rings (SSSR count). The summed E-state index contributed by atoms with van der Waals surface area (Å²) in [5, 5.41) is 0. The number of Topliss-reactive ketones (excluding diaryl/α,β-unsaturated/α-hetero) is 1. The largest absolute Gasteiger partial charge is 0.466 e. The molecule has 4 nitrogen and oxygen atoms in total. The van der Waals surface area contributed by atoms with Crippen LogP contribution in [0.3, 0.4) is 0 Å². The highest BCUT2D eigenvalue weighted by molar-refractivity contribution is 5.84. The van der Waals surface area contributed by atoms with Gasteiger partial charge in [0.1, 0.15) is 5.78 Å². The summed E-state index contributed by atoms with van der Waals surface area (Å²) in [7, 11) is 0. The number of alkyl halides is 3. The topological polar surface area (TPSA) is 46.6 Å². The van der Waals surface area contributed by atoms with Gasteiger partial charge in [-0.1, -0.05) is 0 Å². The number of carbonyl (C=O) groups excluding carboxylic acids is 2. The van der Waals surface area contributed by atoms with Crippen LogP contribution < -0.4 is 0 Å². The standard InChI is InChI=1S/C12H20F3NO3/c1-4-19-11(18)6-5-10(17)7-16(9(2)3)8-12(13,14)15/h9H,4-8H2,1-3H3. The SMILES string of the molecule is CCOC(=O)CCC(=O)CN(CC(F)(F)F)C(C)C. The Morgan fingerprint density at radius 3 is 2.21 bits per heavy atom. The van der Waals surface area contributed by atoms with E-state index in [0.29, 0.717) is 0 Å². The molecule has 0 aromatic rings. The molecule has 0 amide bonds. The molecule has 7 heteroatoms. The molecule has 0 saturated carbocycles. The van der Waals surface area contributed by atoms with Crippen LogP contribution in [-0.4, -0.2) is 48.6 Å². The number of esters is 1. The Bertz CT molecular complexity index is 303. The Balaban J connectivity index is 4.22. The maximum absolute atomic E-state index is 12.3. The van der Waals surface area contributed by atoms with Crippen LogP contribution in [0.4, 0.5) is 13.2 Å². The summed E-state index contributed by atoms with van der Waals surface area (Å²) in [6.07, 6.45) is -4.53. The fourth-order valence-electron chi connectivity index (χ4n) is 1.43. The molecule has 0 aliphatic rings. The Kier molecular flexibility index (Phi) is 7.66. The molecule has 0 heterocycles. The third kappa shape index (κ3) is 9.47. The summed E-state index contributed by atoms with van der Waals surface area (Å²) in [5.41, 5.74) is 0. The van der Waals surface area contributed by atoms with Crippen LogP contribution in [-0.2, 0) is 14.3 Å². The second-order valence-corrected chi connectivity index (χ2v) is 4.46. The maximum Gasteiger partial charge on any atom is 0.401 e. The molecule has 0 aliphatic carbocycles. The third-order valence-corrected chi connectivity index (χ3v) is 2.41. The minimum Gasteiger partial charge on any atom is -0.466 e. The first-order valence-electron chi connectivity index (χ1n) is 6.13. The van der Waals surface area contributed by atoms with Gasteiger partial charge in [-0.25, -0.2) is 0 Å². The summed E-state index contributed by atoms with van der Waals surface area (Å²) < 4.78 is 41.6. The molecule has 0 unspecified atom stereocenters. The Morgan fingerprint density at radius 2 is 1.79 bits per heavy atom. The highest BCUT2D eigenvalue weighted by atomic mass is 19.4. The molecular formula is C12H20F3NO3. The van der Waals surface area contributed by atoms with Gasteiger partial charge < -0.3 is 4.74 Å². The summed E-state index contributed by atoms with van der Waals surface area (Å²) in [6, 6.07) is -0.395. The van der Waals surface area contributed by atoms with Gasteiger partial charge in [-0.2, -0.15) is 13.2 Å². The van der Waals surface area contributed by atoms with Gasteiger partial charge in [0.15, 0.2) is 0 Å². The second-order valence-electron chi connectivity index (χ2n) is 4.46. The highest BCUT2D eigenvalue weighted by Crippen LogP contribution is 2.18. The summed E-state index contributed by atoms with van der Waals surface area (Å²) >= 11 is 0. The zero-order valence-electron chi connectivity index (χ0n) is 11.4. The van der Waals surface area contributed by atoms with E-state index in [4.69, 9.17) is 0 Å². The average molecular weight is 283 g/mol. The average Bonchev–Trinajstić information content (AvgIpc) is 2.24. The van der Waals surface area contributed by atoms with Crippen molar-refractivity contribution in [3.8, 4) is 0 Å². The van der Waals surface area contributed by atoms with Gasteiger partial charge in [0, 0.05) is 12.5 Å². The van der Waals surface area contributed by atoms with E-state index in [9.17, 15) is 22.8 Å². The zero-order chi connectivity index (χ0) is 15.1. The van der Waals surface area contributed by atoms with E-state index in [1.54, 1.807) is 20.8 Å². The monoisotopic (exact) mass is 283 g/mol. The lowest BCUT2D eigenvalue weighted by Crippen LogP contribution is -2.42. The van der Waals surface area contributed by atoms with Crippen molar-refractivity contribution in [2.24, 2.45) is 0 Å². The van der Waals surface area contributed by atoms with E-state index in [-0.39, 0.29) is 26.0 Å². The molecule has 0 aliphatic heterocycles. The third-order valence-electron chi connectivity index (χ3n) is 2.41. The van der Waals surface area contributed by atoms with Crippen molar-refractivity contribution in [2.75, 3.05) is 19.7 Å². The molecule has 112 valence electrons. The van der Waals surface area contributed by atoms with Crippen molar-refractivity contribution in [1.29, 1.82) is 0 Å². The van der Waals surface area contributed by atoms with Gasteiger partial charge in [0.2, 0.25) is 0 Å². The molecule has 0 aromatic heterocycles. The predicted octanol–water partition coefficient (Wildman–Crippen LogP) is 2.17. The van der Waals surface area contributed by atoms with Crippen LogP contribution in [0.2, 0.25) is 0 Å². The number of hydrogen-bond donors (Lipinski definition) is 0. The van der Waals surface area contributed by atoms with E-state index in [2.05, 4.69) is 4.74 Å².